The second-order valence-corrected chi connectivity index (χ2v) is 4.03. The minimum absolute atomic E-state index is 0.600. The summed E-state index contributed by atoms with van der Waals surface area (Å²) < 4.78 is 5.11. The Hall–Kier alpha value is -0.940. The zero-order valence-corrected chi connectivity index (χ0v) is 9.36. The molecule has 1 fully saturated rings. The second kappa shape index (κ2) is 4.72. The first kappa shape index (κ1) is 10.6. The largest absolute Gasteiger partial charge is 0.338 e. The van der Waals surface area contributed by atoms with Crippen LogP contribution in [0.15, 0.2) is 4.52 Å². The molecule has 1 aliphatic heterocycles. The minimum atomic E-state index is 0.600. The van der Waals surface area contributed by atoms with Gasteiger partial charge in [0.1, 0.15) is 0 Å². The van der Waals surface area contributed by atoms with Crippen LogP contribution in [0.5, 0.6) is 0 Å². The molecule has 1 aliphatic rings. The van der Waals surface area contributed by atoms with Crippen LogP contribution in [-0.2, 0) is 6.54 Å². The molecule has 0 bridgehead atoms. The van der Waals surface area contributed by atoms with E-state index in [4.69, 9.17) is 4.52 Å². The summed E-state index contributed by atoms with van der Waals surface area (Å²) in [6, 6.07) is 0.600. The predicted octanol–water partition coefficient (Wildman–Crippen LogP) is 0.562. The minimum Gasteiger partial charge on any atom is -0.338 e. The fourth-order valence-corrected chi connectivity index (χ4v) is 1.91. The van der Waals surface area contributed by atoms with Gasteiger partial charge in [0, 0.05) is 25.7 Å². The Balaban J connectivity index is 1.88. The molecule has 15 heavy (non-hydrogen) atoms. The van der Waals surface area contributed by atoms with Gasteiger partial charge in [-0.3, -0.25) is 4.90 Å². The van der Waals surface area contributed by atoms with Crippen LogP contribution < -0.4 is 5.32 Å². The lowest BCUT2D eigenvalue weighted by atomic mass is 10.1. The molecule has 5 heteroatoms. The highest BCUT2D eigenvalue weighted by Crippen LogP contribution is 2.07. The molecule has 1 saturated heterocycles. The van der Waals surface area contributed by atoms with E-state index in [0.29, 0.717) is 11.9 Å². The highest BCUT2D eigenvalue weighted by atomic mass is 16.5. The molecular weight excluding hydrogens is 192 g/mol. The van der Waals surface area contributed by atoms with Gasteiger partial charge in [-0.25, -0.2) is 0 Å². The van der Waals surface area contributed by atoms with Crippen LogP contribution >= 0.6 is 0 Å². The van der Waals surface area contributed by atoms with Gasteiger partial charge in [0.05, 0.1) is 6.54 Å². The average Bonchev–Trinajstić information content (AvgIpc) is 2.64. The number of aromatic nitrogens is 2. The Labute approximate surface area is 89.8 Å². The molecule has 0 amide bonds. The topological polar surface area (TPSA) is 54.2 Å². The zero-order valence-electron chi connectivity index (χ0n) is 9.36. The van der Waals surface area contributed by atoms with E-state index < -0.39 is 0 Å². The fraction of sp³-hybridized carbons (Fsp3) is 0.800. The highest BCUT2D eigenvalue weighted by molar-refractivity contribution is 4.85. The number of nitrogens with zero attached hydrogens (tertiary/aromatic N) is 3. The van der Waals surface area contributed by atoms with Gasteiger partial charge in [0.15, 0.2) is 5.82 Å². The molecule has 0 spiro atoms. The third kappa shape index (κ3) is 2.76. The molecule has 0 aliphatic carbocycles. The van der Waals surface area contributed by atoms with Crippen LogP contribution in [-0.4, -0.2) is 40.7 Å². The number of hydrogen-bond acceptors (Lipinski definition) is 5. The van der Waals surface area contributed by atoms with Crippen LogP contribution in [0.1, 0.15) is 25.1 Å². The summed E-state index contributed by atoms with van der Waals surface area (Å²) in [6.45, 7) is 8.00. The van der Waals surface area contributed by atoms with Crippen molar-refractivity contribution < 1.29 is 4.52 Å². The normalized spacial score (nSPS) is 23.2. The van der Waals surface area contributed by atoms with Crippen molar-refractivity contribution in [2.24, 2.45) is 0 Å². The molecule has 2 rings (SSSR count). The molecule has 1 aromatic rings. The number of piperazine rings is 1. The predicted molar refractivity (Wildman–Crippen MR) is 56.4 cm³/mol. The van der Waals surface area contributed by atoms with Crippen LogP contribution in [0, 0.1) is 6.92 Å². The van der Waals surface area contributed by atoms with Gasteiger partial charge in [-0.05, 0) is 13.3 Å². The van der Waals surface area contributed by atoms with E-state index >= 15 is 0 Å². The molecule has 0 aromatic carbocycles. The summed E-state index contributed by atoms with van der Waals surface area (Å²) in [5.41, 5.74) is 0. The number of nitrogens with one attached hydrogen (secondary N) is 1. The van der Waals surface area contributed by atoms with Gasteiger partial charge in [-0.15, -0.1) is 0 Å². The standard InChI is InChI=1S/C10H18N4O/c1-3-9-6-14(5-4-11-9)7-10-12-8(2)13-15-10/h9,11H,3-7H2,1-2H3. The van der Waals surface area contributed by atoms with E-state index in [9.17, 15) is 0 Å². The summed E-state index contributed by atoms with van der Waals surface area (Å²) in [7, 11) is 0. The lowest BCUT2D eigenvalue weighted by Gasteiger charge is -2.32. The number of hydrogen-bond donors (Lipinski definition) is 1. The summed E-state index contributed by atoms with van der Waals surface area (Å²) in [4.78, 5) is 6.57. The summed E-state index contributed by atoms with van der Waals surface area (Å²) in [5.74, 6) is 1.44. The van der Waals surface area contributed by atoms with E-state index in [1.54, 1.807) is 0 Å². The Morgan fingerprint density at radius 1 is 1.60 bits per heavy atom. The van der Waals surface area contributed by atoms with E-state index in [2.05, 4.69) is 27.3 Å². The first-order valence-electron chi connectivity index (χ1n) is 5.53. The molecule has 1 N–H and O–H groups in total. The van der Waals surface area contributed by atoms with Crippen molar-refractivity contribution in [1.29, 1.82) is 0 Å². The lowest BCUT2D eigenvalue weighted by molar-refractivity contribution is 0.169. The maximum Gasteiger partial charge on any atom is 0.240 e. The van der Waals surface area contributed by atoms with Crippen molar-refractivity contribution in [3.05, 3.63) is 11.7 Å². The van der Waals surface area contributed by atoms with Crippen LogP contribution in [0.3, 0.4) is 0 Å². The van der Waals surface area contributed by atoms with E-state index in [1.807, 2.05) is 6.92 Å². The molecule has 1 aromatic heterocycles. The average molecular weight is 210 g/mol. The van der Waals surface area contributed by atoms with E-state index in [1.165, 1.54) is 6.42 Å². The lowest BCUT2D eigenvalue weighted by Crippen LogP contribution is -2.49. The Morgan fingerprint density at radius 2 is 2.47 bits per heavy atom. The van der Waals surface area contributed by atoms with E-state index in [0.717, 1.165) is 32.1 Å². The molecule has 0 saturated carbocycles. The molecule has 1 unspecified atom stereocenters. The van der Waals surface area contributed by atoms with Gasteiger partial charge in [-0.1, -0.05) is 12.1 Å². The van der Waals surface area contributed by atoms with Crippen molar-refractivity contribution >= 4 is 0 Å². The maximum absolute atomic E-state index is 5.11. The molecule has 0 radical (unpaired) electrons. The smallest absolute Gasteiger partial charge is 0.240 e. The van der Waals surface area contributed by atoms with Crippen molar-refractivity contribution in [1.82, 2.24) is 20.4 Å². The molecular formula is C10H18N4O. The van der Waals surface area contributed by atoms with Crippen molar-refractivity contribution in [3.63, 3.8) is 0 Å². The van der Waals surface area contributed by atoms with Crippen molar-refractivity contribution in [3.8, 4) is 0 Å². The first-order chi connectivity index (χ1) is 7.28. The van der Waals surface area contributed by atoms with Crippen LogP contribution in [0.25, 0.3) is 0 Å². The highest BCUT2D eigenvalue weighted by Gasteiger charge is 2.19. The van der Waals surface area contributed by atoms with Gasteiger partial charge in [0.25, 0.3) is 0 Å². The van der Waals surface area contributed by atoms with Crippen molar-refractivity contribution in [2.45, 2.75) is 32.9 Å². The molecule has 5 nitrogen and oxygen atoms in total. The monoisotopic (exact) mass is 210 g/mol. The van der Waals surface area contributed by atoms with Gasteiger partial charge >= 0.3 is 0 Å². The SMILES string of the molecule is CCC1CN(Cc2nc(C)no2)CCN1. The quantitative estimate of drug-likeness (QED) is 0.790. The third-order valence-corrected chi connectivity index (χ3v) is 2.76. The number of rotatable bonds is 3. The Bertz CT molecular complexity index is 312. The Morgan fingerprint density at radius 3 is 3.13 bits per heavy atom. The zero-order chi connectivity index (χ0) is 10.7. The summed E-state index contributed by atoms with van der Waals surface area (Å²) in [6.07, 6.45) is 1.17. The molecule has 1 atom stereocenters. The number of aryl methyl sites for hydroxylation is 1. The fourth-order valence-electron chi connectivity index (χ4n) is 1.91. The molecule has 2 heterocycles. The summed E-state index contributed by atoms with van der Waals surface area (Å²) in [5, 5.41) is 7.27. The Kier molecular flexibility index (Phi) is 3.33. The summed E-state index contributed by atoms with van der Waals surface area (Å²) >= 11 is 0. The van der Waals surface area contributed by atoms with Crippen molar-refractivity contribution in [2.75, 3.05) is 19.6 Å². The van der Waals surface area contributed by atoms with Crippen LogP contribution in [0.4, 0.5) is 0 Å². The third-order valence-electron chi connectivity index (χ3n) is 2.76. The second-order valence-electron chi connectivity index (χ2n) is 4.03. The maximum atomic E-state index is 5.11. The van der Waals surface area contributed by atoms with Crippen LogP contribution in [0.2, 0.25) is 0 Å². The van der Waals surface area contributed by atoms with E-state index in [-0.39, 0.29) is 0 Å². The van der Waals surface area contributed by atoms with Gasteiger partial charge in [-0.2, -0.15) is 4.98 Å². The first-order valence-corrected chi connectivity index (χ1v) is 5.53. The van der Waals surface area contributed by atoms with Gasteiger partial charge < -0.3 is 9.84 Å². The van der Waals surface area contributed by atoms with Gasteiger partial charge in [0.2, 0.25) is 5.89 Å². The molecule has 84 valence electrons.